The number of hydrogen-bond donors (Lipinski definition) is 3. The molecule has 6 heteroatoms. The first-order valence-electron chi connectivity index (χ1n) is 8.60. The molecule has 2 aromatic rings. The van der Waals surface area contributed by atoms with Gasteiger partial charge in [-0.1, -0.05) is 29.8 Å². The monoisotopic (exact) mass is 373 g/mol. The molecule has 0 bridgehead atoms. The van der Waals surface area contributed by atoms with Crippen LogP contribution in [0.1, 0.15) is 34.3 Å². The summed E-state index contributed by atoms with van der Waals surface area (Å²) in [6.45, 7) is 3.34. The molecule has 1 fully saturated rings. The van der Waals surface area contributed by atoms with Crippen molar-refractivity contribution in [2.24, 2.45) is 0 Å². The van der Waals surface area contributed by atoms with Gasteiger partial charge in [0.15, 0.2) is 0 Å². The fourth-order valence-electron chi connectivity index (χ4n) is 2.89. The van der Waals surface area contributed by atoms with E-state index in [2.05, 4.69) is 16.0 Å². The summed E-state index contributed by atoms with van der Waals surface area (Å²) in [5.74, 6) is -0.108. The van der Waals surface area contributed by atoms with Crippen LogP contribution in [-0.2, 0) is 11.3 Å². The Hall–Kier alpha value is -2.37. The topological polar surface area (TPSA) is 70.2 Å². The maximum absolute atomic E-state index is 12.3. The largest absolute Gasteiger partial charge is 0.351 e. The Bertz CT molecular complexity index is 756. The molecule has 1 aliphatic heterocycles. The van der Waals surface area contributed by atoms with Crippen molar-refractivity contribution >= 4 is 29.9 Å². The highest BCUT2D eigenvalue weighted by molar-refractivity contribution is 6.04. The maximum Gasteiger partial charge on any atom is 0.255 e. The molecule has 1 saturated heterocycles. The molecule has 0 saturated carbocycles. The van der Waals surface area contributed by atoms with E-state index in [1.165, 1.54) is 0 Å². The SMILES string of the molecule is Cc1ccc(C(=O)Nc2cccc(CNC(=O)C3CCCN3)c2)cc1.Cl. The van der Waals surface area contributed by atoms with Crippen LogP contribution in [-0.4, -0.2) is 24.4 Å². The first kappa shape index (κ1) is 19.9. The second kappa shape index (κ2) is 9.36. The molecule has 1 atom stereocenters. The van der Waals surface area contributed by atoms with Crippen LogP contribution in [0, 0.1) is 6.92 Å². The first-order chi connectivity index (χ1) is 12.1. The summed E-state index contributed by atoms with van der Waals surface area (Å²) in [6, 6.07) is 14.9. The highest BCUT2D eigenvalue weighted by atomic mass is 35.5. The van der Waals surface area contributed by atoms with Crippen molar-refractivity contribution in [3.8, 4) is 0 Å². The van der Waals surface area contributed by atoms with Crippen molar-refractivity contribution in [1.82, 2.24) is 10.6 Å². The third-order valence-corrected chi connectivity index (χ3v) is 4.34. The van der Waals surface area contributed by atoms with Gasteiger partial charge in [-0.2, -0.15) is 0 Å². The number of rotatable bonds is 5. The summed E-state index contributed by atoms with van der Waals surface area (Å²) in [7, 11) is 0. The smallest absolute Gasteiger partial charge is 0.255 e. The number of carbonyl (C=O) groups is 2. The Morgan fingerprint density at radius 3 is 2.62 bits per heavy atom. The van der Waals surface area contributed by atoms with E-state index in [9.17, 15) is 9.59 Å². The lowest BCUT2D eigenvalue weighted by atomic mass is 10.1. The van der Waals surface area contributed by atoms with E-state index in [1.54, 1.807) is 0 Å². The molecule has 0 spiro atoms. The fourth-order valence-corrected chi connectivity index (χ4v) is 2.89. The zero-order valence-electron chi connectivity index (χ0n) is 14.7. The van der Waals surface area contributed by atoms with E-state index in [0.29, 0.717) is 12.1 Å². The quantitative estimate of drug-likeness (QED) is 0.754. The molecule has 138 valence electrons. The Morgan fingerprint density at radius 2 is 1.92 bits per heavy atom. The summed E-state index contributed by atoms with van der Waals surface area (Å²) in [4.78, 5) is 24.3. The number of halogens is 1. The number of amides is 2. The average molecular weight is 374 g/mol. The van der Waals surface area contributed by atoms with Crippen molar-refractivity contribution < 1.29 is 9.59 Å². The minimum atomic E-state index is -0.142. The van der Waals surface area contributed by atoms with Crippen LogP contribution in [0.4, 0.5) is 5.69 Å². The molecule has 1 aliphatic rings. The molecule has 2 aromatic carbocycles. The third-order valence-electron chi connectivity index (χ3n) is 4.34. The van der Waals surface area contributed by atoms with Gasteiger partial charge in [0.2, 0.25) is 5.91 Å². The molecule has 5 nitrogen and oxygen atoms in total. The second-order valence-corrected chi connectivity index (χ2v) is 6.39. The van der Waals surface area contributed by atoms with Crippen molar-refractivity contribution in [3.63, 3.8) is 0 Å². The van der Waals surface area contributed by atoms with Gasteiger partial charge in [0.25, 0.3) is 5.91 Å². The zero-order valence-corrected chi connectivity index (χ0v) is 15.6. The van der Waals surface area contributed by atoms with Crippen LogP contribution in [0.2, 0.25) is 0 Å². The van der Waals surface area contributed by atoms with E-state index >= 15 is 0 Å². The molecular formula is C20H24ClN3O2. The highest BCUT2D eigenvalue weighted by Gasteiger charge is 2.21. The molecule has 0 radical (unpaired) electrons. The molecule has 1 heterocycles. The van der Waals surface area contributed by atoms with Gasteiger partial charge in [0.05, 0.1) is 6.04 Å². The normalized spacial score (nSPS) is 15.8. The summed E-state index contributed by atoms with van der Waals surface area (Å²) in [6.07, 6.45) is 1.93. The van der Waals surface area contributed by atoms with E-state index < -0.39 is 0 Å². The van der Waals surface area contributed by atoms with Gasteiger partial charge in [-0.3, -0.25) is 9.59 Å². The Labute approximate surface area is 160 Å². The summed E-state index contributed by atoms with van der Waals surface area (Å²) >= 11 is 0. The van der Waals surface area contributed by atoms with Crippen LogP contribution in [0.5, 0.6) is 0 Å². The number of aryl methyl sites for hydroxylation is 1. The average Bonchev–Trinajstić information content (AvgIpc) is 3.15. The van der Waals surface area contributed by atoms with Gasteiger partial charge >= 0.3 is 0 Å². The van der Waals surface area contributed by atoms with Gasteiger partial charge in [0, 0.05) is 17.8 Å². The van der Waals surface area contributed by atoms with E-state index in [0.717, 1.165) is 36.2 Å². The Balaban J connectivity index is 0.00000243. The number of hydrogen-bond acceptors (Lipinski definition) is 3. The van der Waals surface area contributed by atoms with Gasteiger partial charge < -0.3 is 16.0 Å². The van der Waals surface area contributed by atoms with Crippen LogP contribution in [0.3, 0.4) is 0 Å². The number of nitrogens with one attached hydrogen (secondary N) is 3. The zero-order chi connectivity index (χ0) is 17.6. The van der Waals surface area contributed by atoms with Crippen molar-refractivity contribution in [2.45, 2.75) is 32.4 Å². The molecule has 26 heavy (non-hydrogen) atoms. The Kier molecular flexibility index (Phi) is 7.18. The standard InChI is InChI=1S/C20H23N3O2.ClH/c1-14-7-9-16(10-8-14)19(24)23-17-5-2-4-15(12-17)13-22-20(25)18-6-3-11-21-18;/h2,4-5,7-10,12,18,21H,3,6,11,13H2,1H3,(H,22,25)(H,23,24);1H. The van der Waals surface area contributed by atoms with Gasteiger partial charge in [0.1, 0.15) is 0 Å². The predicted molar refractivity (Wildman–Crippen MR) is 106 cm³/mol. The van der Waals surface area contributed by atoms with Crippen LogP contribution in [0.25, 0.3) is 0 Å². The van der Waals surface area contributed by atoms with Crippen molar-refractivity contribution in [2.75, 3.05) is 11.9 Å². The van der Waals surface area contributed by atoms with Crippen molar-refractivity contribution in [1.29, 1.82) is 0 Å². The molecule has 3 rings (SSSR count). The van der Waals surface area contributed by atoms with E-state index in [-0.39, 0.29) is 30.3 Å². The molecule has 0 aromatic heterocycles. The molecular weight excluding hydrogens is 350 g/mol. The molecule has 0 aliphatic carbocycles. The molecule has 2 amide bonds. The van der Waals surface area contributed by atoms with Gasteiger partial charge in [-0.15, -0.1) is 12.4 Å². The molecule has 3 N–H and O–H groups in total. The van der Waals surface area contributed by atoms with Crippen LogP contribution < -0.4 is 16.0 Å². The first-order valence-corrected chi connectivity index (χ1v) is 8.60. The minimum absolute atomic E-state index is 0. The predicted octanol–water partition coefficient (Wildman–Crippen LogP) is 3.04. The van der Waals surface area contributed by atoms with Crippen LogP contribution >= 0.6 is 12.4 Å². The second-order valence-electron chi connectivity index (χ2n) is 6.39. The fraction of sp³-hybridized carbons (Fsp3) is 0.300. The van der Waals surface area contributed by atoms with Crippen LogP contribution in [0.15, 0.2) is 48.5 Å². The van der Waals surface area contributed by atoms with E-state index in [4.69, 9.17) is 0 Å². The Morgan fingerprint density at radius 1 is 1.15 bits per heavy atom. The summed E-state index contributed by atoms with van der Waals surface area (Å²) < 4.78 is 0. The van der Waals surface area contributed by atoms with Gasteiger partial charge in [-0.05, 0) is 56.1 Å². The van der Waals surface area contributed by atoms with E-state index in [1.807, 2.05) is 55.5 Å². The third kappa shape index (κ3) is 5.31. The number of benzene rings is 2. The number of anilines is 1. The lowest BCUT2D eigenvalue weighted by Crippen LogP contribution is -2.39. The lowest BCUT2D eigenvalue weighted by molar-refractivity contribution is -0.122. The van der Waals surface area contributed by atoms with Crippen molar-refractivity contribution in [3.05, 3.63) is 65.2 Å². The lowest BCUT2D eigenvalue weighted by Gasteiger charge is -2.12. The minimum Gasteiger partial charge on any atom is -0.351 e. The van der Waals surface area contributed by atoms with Gasteiger partial charge in [-0.25, -0.2) is 0 Å². The maximum atomic E-state index is 12.3. The number of carbonyl (C=O) groups excluding carboxylic acids is 2. The highest BCUT2D eigenvalue weighted by Crippen LogP contribution is 2.13. The summed E-state index contributed by atoms with van der Waals surface area (Å²) in [5.41, 5.74) is 3.41. The summed E-state index contributed by atoms with van der Waals surface area (Å²) in [5, 5.41) is 9.03. The molecule has 1 unspecified atom stereocenters.